The molecule has 3 aromatic rings. The maximum absolute atomic E-state index is 13.6. The molecule has 3 nitrogen and oxygen atoms in total. The Morgan fingerprint density at radius 1 is 0.939 bits per heavy atom. The summed E-state index contributed by atoms with van der Waals surface area (Å²) in [6.45, 7) is 5.58. The van der Waals surface area contributed by atoms with E-state index in [0.717, 1.165) is 56.7 Å². The van der Waals surface area contributed by atoms with E-state index in [1.165, 1.54) is 22.8 Å². The average Bonchev–Trinajstić information content (AvgIpc) is 3.13. The predicted molar refractivity (Wildman–Crippen MR) is 131 cm³/mol. The van der Waals surface area contributed by atoms with Crippen molar-refractivity contribution in [3.05, 3.63) is 101 Å². The van der Waals surface area contributed by atoms with Crippen LogP contribution in [0.1, 0.15) is 41.5 Å². The third kappa shape index (κ3) is 4.58. The molecule has 2 aliphatic rings. The van der Waals surface area contributed by atoms with E-state index in [2.05, 4.69) is 42.2 Å². The molecule has 0 radical (unpaired) electrons. The first-order valence-corrected chi connectivity index (χ1v) is 11.9. The number of halogens is 1. The van der Waals surface area contributed by atoms with Crippen LogP contribution in [0.3, 0.4) is 0 Å². The first-order valence-electron chi connectivity index (χ1n) is 11.9. The van der Waals surface area contributed by atoms with Crippen LogP contribution in [0.5, 0.6) is 0 Å². The van der Waals surface area contributed by atoms with E-state index in [0.29, 0.717) is 6.42 Å². The molecule has 0 aromatic heterocycles. The first-order chi connectivity index (χ1) is 16.0. The monoisotopic (exact) mass is 442 g/mol. The number of hydrogen-bond acceptors (Lipinski definition) is 2. The third-order valence-electron chi connectivity index (χ3n) is 7.35. The van der Waals surface area contributed by atoms with Gasteiger partial charge in [0.1, 0.15) is 5.82 Å². The van der Waals surface area contributed by atoms with Gasteiger partial charge in [-0.05, 0) is 74.2 Å². The Balaban J connectivity index is 1.30. The van der Waals surface area contributed by atoms with Crippen LogP contribution in [-0.2, 0) is 23.2 Å². The number of aryl methyl sites for hydroxylation is 2. The van der Waals surface area contributed by atoms with E-state index in [1.807, 2.05) is 29.2 Å². The first kappa shape index (κ1) is 21.8. The van der Waals surface area contributed by atoms with Crippen molar-refractivity contribution in [2.75, 3.05) is 24.5 Å². The smallest absolute Gasteiger partial charge is 0.227 e. The Bertz CT molecular complexity index is 1140. The molecule has 0 aliphatic carbocycles. The number of fused-ring (bicyclic) bond motifs is 2. The molecule has 1 spiro atoms. The molecule has 1 amide bonds. The highest BCUT2D eigenvalue weighted by atomic mass is 19.1. The number of carbonyl (C=O) groups is 1. The van der Waals surface area contributed by atoms with Crippen LogP contribution in [-0.4, -0.2) is 30.4 Å². The minimum atomic E-state index is -0.175. The number of carbonyl (C=O) groups excluding carboxylic acids is 1. The molecule has 170 valence electrons. The molecule has 0 saturated carbocycles. The molecule has 3 aromatic carbocycles. The van der Waals surface area contributed by atoms with Gasteiger partial charge in [-0.15, -0.1) is 0 Å². The lowest BCUT2D eigenvalue weighted by molar-refractivity contribution is -0.118. The predicted octanol–water partition coefficient (Wildman–Crippen LogP) is 5.65. The van der Waals surface area contributed by atoms with Crippen molar-refractivity contribution in [3.8, 4) is 0 Å². The fourth-order valence-electron chi connectivity index (χ4n) is 5.50. The summed E-state index contributed by atoms with van der Waals surface area (Å²) in [6, 6.07) is 23.7. The second-order valence-electron chi connectivity index (χ2n) is 9.67. The molecule has 1 saturated heterocycles. The van der Waals surface area contributed by atoms with Crippen LogP contribution >= 0.6 is 0 Å². The van der Waals surface area contributed by atoms with Gasteiger partial charge in [0, 0.05) is 30.6 Å². The van der Waals surface area contributed by atoms with Crippen molar-refractivity contribution in [1.82, 2.24) is 4.90 Å². The molecule has 5 rings (SSSR count). The van der Waals surface area contributed by atoms with Crippen LogP contribution < -0.4 is 4.90 Å². The molecule has 0 N–H and O–H groups in total. The summed E-state index contributed by atoms with van der Waals surface area (Å²) < 4.78 is 13.6. The highest BCUT2D eigenvalue weighted by Crippen LogP contribution is 2.47. The van der Waals surface area contributed by atoms with E-state index < -0.39 is 0 Å². The molecule has 2 heterocycles. The van der Waals surface area contributed by atoms with Crippen LogP contribution in [0, 0.1) is 12.7 Å². The van der Waals surface area contributed by atoms with E-state index in [1.54, 1.807) is 12.1 Å². The second kappa shape index (κ2) is 9.11. The Kier molecular flexibility index (Phi) is 6.03. The highest BCUT2D eigenvalue weighted by molar-refractivity contribution is 5.96. The van der Waals surface area contributed by atoms with Gasteiger partial charge in [-0.2, -0.15) is 0 Å². The van der Waals surface area contributed by atoms with Gasteiger partial charge in [0.25, 0.3) is 0 Å². The quantitative estimate of drug-likeness (QED) is 0.510. The van der Waals surface area contributed by atoms with Gasteiger partial charge in [-0.3, -0.25) is 9.69 Å². The minimum absolute atomic E-state index is 0.0161. The minimum Gasteiger partial charge on any atom is -0.311 e. The van der Waals surface area contributed by atoms with Crippen LogP contribution in [0.15, 0.2) is 72.8 Å². The van der Waals surface area contributed by atoms with Crippen LogP contribution in [0.2, 0.25) is 0 Å². The summed E-state index contributed by atoms with van der Waals surface area (Å²) in [6.07, 6.45) is 3.33. The molecule has 2 aliphatic heterocycles. The number of nitrogens with zero attached hydrogens (tertiary/aromatic N) is 2. The maximum atomic E-state index is 13.6. The third-order valence-corrected chi connectivity index (χ3v) is 7.35. The normalized spacial score (nSPS) is 17.3. The zero-order chi connectivity index (χ0) is 22.8. The molecule has 0 unspecified atom stereocenters. The summed E-state index contributed by atoms with van der Waals surface area (Å²) in [7, 11) is 0. The van der Waals surface area contributed by atoms with Gasteiger partial charge in [0.2, 0.25) is 5.91 Å². The Morgan fingerprint density at radius 3 is 2.45 bits per heavy atom. The van der Waals surface area contributed by atoms with Crippen molar-refractivity contribution in [1.29, 1.82) is 0 Å². The van der Waals surface area contributed by atoms with E-state index in [9.17, 15) is 9.18 Å². The standard InChI is InChI=1S/C29H31FN2O/c1-22-10-12-27-26(18-22)29(21-32(27)28(33)13-11-23-6-3-2-4-7-23)14-16-31(17-15-29)20-24-8-5-9-25(30)19-24/h2-10,12,18-19H,11,13-17,20-21H2,1H3. The maximum Gasteiger partial charge on any atom is 0.227 e. The Morgan fingerprint density at radius 2 is 1.70 bits per heavy atom. The fraction of sp³-hybridized carbons (Fsp3) is 0.345. The van der Waals surface area contributed by atoms with Gasteiger partial charge < -0.3 is 4.90 Å². The SMILES string of the molecule is Cc1ccc2c(c1)C1(CCN(Cc3cccc(F)c3)CC1)CN2C(=O)CCc1ccccc1. The Labute approximate surface area is 195 Å². The molecule has 0 bridgehead atoms. The molecular weight excluding hydrogens is 411 g/mol. The average molecular weight is 443 g/mol. The molecule has 4 heteroatoms. The van der Waals surface area contributed by atoms with Gasteiger partial charge >= 0.3 is 0 Å². The summed E-state index contributed by atoms with van der Waals surface area (Å²) in [5.41, 5.74) is 5.91. The van der Waals surface area contributed by atoms with Gasteiger partial charge in [-0.25, -0.2) is 4.39 Å². The largest absolute Gasteiger partial charge is 0.311 e. The van der Waals surface area contributed by atoms with Crippen molar-refractivity contribution < 1.29 is 9.18 Å². The number of amides is 1. The topological polar surface area (TPSA) is 23.6 Å². The van der Waals surface area contributed by atoms with E-state index >= 15 is 0 Å². The number of likely N-dealkylation sites (tertiary alicyclic amines) is 1. The van der Waals surface area contributed by atoms with Gasteiger partial charge in [-0.1, -0.05) is 60.2 Å². The van der Waals surface area contributed by atoms with E-state index in [-0.39, 0.29) is 17.1 Å². The summed E-state index contributed by atoms with van der Waals surface area (Å²) in [5, 5.41) is 0. The lowest BCUT2D eigenvalue weighted by Crippen LogP contribution is -2.45. The Hall–Kier alpha value is -2.98. The molecular formula is C29H31FN2O. The zero-order valence-corrected chi connectivity index (χ0v) is 19.3. The fourth-order valence-corrected chi connectivity index (χ4v) is 5.50. The van der Waals surface area contributed by atoms with Crippen molar-refractivity contribution in [2.24, 2.45) is 0 Å². The summed E-state index contributed by atoms with van der Waals surface area (Å²) in [5.74, 6) is 0.0360. The number of hydrogen-bond donors (Lipinski definition) is 0. The molecule has 33 heavy (non-hydrogen) atoms. The van der Waals surface area contributed by atoms with Crippen LogP contribution in [0.25, 0.3) is 0 Å². The van der Waals surface area contributed by atoms with Gasteiger partial charge in [0.15, 0.2) is 0 Å². The van der Waals surface area contributed by atoms with Crippen molar-refractivity contribution in [3.63, 3.8) is 0 Å². The summed E-state index contributed by atoms with van der Waals surface area (Å²) >= 11 is 0. The van der Waals surface area contributed by atoms with Crippen molar-refractivity contribution >= 4 is 11.6 Å². The number of piperidine rings is 1. The van der Waals surface area contributed by atoms with Crippen LogP contribution in [0.4, 0.5) is 10.1 Å². The number of anilines is 1. The number of benzene rings is 3. The lowest BCUT2D eigenvalue weighted by Gasteiger charge is -2.40. The number of rotatable bonds is 5. The molecule has 1 fully saturated rings. The lowest BCUT2D eigenvalue weighted by atomic mass is 9.74. The zero-order valence-electron chi connectivity index (χ0n) is 19.3. The second-order valence-corrected chi connectivity index (χ2v) is 9.67. The van der Waals surface area contributed by atoms with Crippen molar-refractivity contribution in [2.45, 2.75) is 44.6 Å². The van der Waals surface area contributed by atoms with Gasteiger partial charge in [0.05, 0.1) is 0 Å². The summed E-state index contributed by atoms with van der Waals surface area (Å²) in [4.78, 5) is 17.8. The highest BCUT2D eigenvalue weighted by Gasteiger charge is 2.46. The molecule has 0 atom stereocenters. The van der Waals surface area contributed by atoms with E-state index in [4.69, 9.17) is 0 Å².